The standard InChI is InChI=1S/C18H23ClN2O3/c19-14-1-2-16-13(9-14)11-21(7-8-23-16)12-15-10-18(17(22)24-15)3-5-20-6-4-18/h1-2,9,15,20H,3-8,10-12H2. The Balaban J connectivity index is 1.43. The Bertz CT molecular complexity index is 631. The number of carbonyl (C=O) groups is 1. The van der Waals surface area contributed by atoms with Crippen molar-refractivity contribution in [3.8, 4) is 5.75 Å². The third-order valence-corrected chi connectivity index (χ3v) is 5.66. The molecular formula is C18H23ClN2O3. The van der Waals surface area contributed by atoms with Crippen molar-refractivity contribution in [1.29, 1.82) is 0 Å². The van der Waals surface area contributed by atoms with Gasteiger partial charge in [-0.05, 0) is 44.1 Å². The maximum Gasteiger partial charge on any atom is 0.312 e. The maximum absolute atomic E-state index is 12.4. The van der Waals surface area contributed by atoms with Crippen molar-refractivity contribution in [3.05, 3.63) is 28.8 Å². The lowest BCUT2D eigenvalue weighted by Gasteiger charge is -2.29. The molecule has 2 fully saturated rings. The Morgan fingerprint density at radius 2 is 2.17 bits per heavy atom. The first-order chi connectivity index (χ1) is 11.6. The maximum atomic E-state index is 12.4. The lowest BCUT2D eigenvalue weighted by atomic mass is 9.76. The van der Waals surface area contributed by atoms with E-state index in [1.807, 2.05) is 18.2 Å². The summed E-state index contributed by atoms with van der Waals surface area (Å²) in [5.41, 5.74) is 0.848. The quantitative estimate of drug-likeness (QED) is 0.829. The van der Waals surface area contributed by atoms with Crippen LogP contribution in [0.5, 0.6) is 5.75 Å². The zero-order valence-corrected chi connectivity index (χ0v) is 14.5. The molecule has 130 valence electrons. The van der Waals surface area contributed by atoms with Crippen molar-refractivity contribution in [2.24, 2.45) is 5.41 Å². The summed E-state index contributed by atoms with van der Waals surface area (Å²) < 4.78 is 11.5. The van der Waals surface area contributed by atoms with Crippen LogP contribution in [0.25, 0.3) is 0 Å². The highest BCUT2D eigenvalue weighted by Crippen LogP contribution is 2.42. The van der Waals surface area contributed by atoms with Crippen molar-refractivity contribution in [2.75, 3.05) is 32.8 Å². The summed E-state index contributed by atoms with van der Waals surface area (Å²) in [6, 6.07) is 5.75. The topological polar surface area (TPSA) is 50.8 Å². The third kappa shape index (κ3) is 3.13. The van der Waals surface area contributed by atoms with Gasteiger partial charge >= 0.3 is 5.97 Å². The first-order valence-electron chi connectivity index (χ1n) is 8.70. The number of carbonyl (C=O) groups excluding carboxylic acids is 1. The molecule has 6 heteroatoms. The molecule has 3 heterocycles. The molecule has 3 aliphatic rings. The number of cyclic esters (lactones) is 1. The number of halogens is 1. The van der Waals surface area contributed by atoms with Crippen molar-refractivity contribution in [1.82, 2.24) is 10.2 Å². The summed E-state index contributed by atoms with van der Waals surface area (Å²) in [5.74, 6) is 0.906. The average molecular weight is 351 g/mol. The van der Waals surface area contributed by atoms with Gasteiger partial charge < -0.3 is 14.8 Å². The van der Waals surface area contributed by atoms with E-state index in [1.54, 1.807) is 0 Å². The Labute approximate surface area is 147 Å². The molecule has 3 aliphatic heterocycles. The van der Waals surface area contributed by atoms with E-state index >= 15 is 0 Å². The second kappa shape index (κ2) is 6.54. The van der Waals surface area contributed by atoms with E-state index in [-0.39, 0.29) is 17.5 Å². The molecule has 1 spiro atoms. The lowest BCUT2D eigenvalue weighted by Crippen LogP contribution is -2.40. The molecule has 0 bridgehead atoms. The van der Waals surface area contributed by atoms with Crippen molar-refractivity contribution < 1.29 is 14.3 Å². The first kappa shape index (κ1) is 16.2. The van der Waals surface area contributed by atoms with Crippen LogP contribution in [0.3, 0.4) is 0 Å². The fourth-order valence-electron chi connectivity index (χ4n) is 4.11. The number of nitrogens with one attached hydrogen (secondary N) is 1. The van der Waals surface area contributed by atoms with E-state index in [1.165, 1.54) is 0 Å². The number of hydrogen-bond acceptors (Lipinski definition) is 5. The molecule has 0 radical (unpaired) electrons. The van der Waals surface area contributed by atoms with Crippen LogP contribution in [0, 0.1) is 5.41 Å². The molecule has 1 atom stereocenters. The number of hydrogen-bond donors (Lipinski definition) is 1. The smallest absolute Gasteiger partial charge is 0.312 e. The Kier molecular flexibility index (Phi) is 4.41. The molecule has 1 N–H and O–H groups in total. The van der Waals surface area contributed by atoms with Gasteiger partial charge in [0, 0.05) is 36.6 Å². The summed E-state index contributed by atoms with van der Waals surface area (Å²) in [6.07, 6.45) is 2.61. The number of rotatable bonds is 2. The Hall–Kier alpha value is -1.30. The van der Waals surface area contributed by atoms with Gasteiger partial charge in [0.15, 0.2) is 0 Å². The number of piperidine rings is 1. The molecule has 2 saturated heterocycles. The minimum atomic E-state index is -0.251. The van der Waals surface area contributed by atoms with Gasteiger partial charge in [0.25, 0.3) is 0 Å². The van der Waals surface area contributed by atoms with Crippen molar-refractivity contribution in [2.45, 2.75) is 31.9 Å². The molecule has 1 aromatic rings. The van der Waals surface area contributed by atoms with Gasteiger partial charge in [0.1, 0.15) is 18.5 Å². The molecule has 1 unspecified atom stereocenters. The van der Waals surface area contributed by atoms with Crippen LogP contribution in [0.15, 0.2) is 18.2 Å². The molecule has 4 rings (SSSR count). The van der Waals surface area contributed by atoms with Crippen molar-refractivity contribution in [3.63, 3.8) is 0 Å². The Morgan fingerprint density at radius 1 is 1.33 bits per heavy atom. The van der Waals surface area contributed by atoms with Crippen LogP contribution in [0.4, 0.5) is 0 Å². The van der Waals surface area contributed by atoms with Gasteiger partial charge in [-0.15, -0.1) is 0 Å². The minimum Gasteiger partial charge on any atom is -0.492 e. The van der Waals surface area contributed by atoms with E-state index in [9.17, 15) is 4.79 Å². The van der Waals surface area contributed by atoms with E-state index < -0.39 is 0 Å². The van der Waals surface area contributed by atoms with Crippen molar-refractivity contribution >= 4 is 17.6 Å². The number of benzene rings is 1. The van der Waals surface area contributed by atoms with Crippen LogP contribution in [-0.2, 0) is 16.1 Å². The number of esters is 1. The monoisotopic (exact) mass is 350 g/mol. The SMILES string of the molecule is O=C1OC(CN2CCOc3ccc(Cl)cc3C2)CC12CCNCC2. The summed E-state index contributed by atoms with van der Waals surface area (Å²) in [7, 11) is 0. The van der Waals surface area contributed by atoms with Crippen LogP contribution in [-0.4, -0.2) is 49.8 Å². The van der Waals surface area contributed by atoms with Gasteiger partial charge in [-0.3, -0.25) is 9.69 Å². The lowest BCUT2D eigenvalue weighted by molar-refractivity contribution is -0.150. The summed E-state index contributed by atoms with van der Waals surface area (Å²) in [5, 5.41) is 4.05. The van der Waals surface area contributed by atoms with Crippen LogP contribution < -0.4 is 10.1 Å². The van der Waals surface area contributed by atoms with Crippen LogP contribution in [0.2, 0.25) is 5.02 Å². The molecule has 5 nitrogen and oxygen atoms in total. The third-order valence-electron chi connectivity index (χ3n) is 5.43. The summed E-state index contributed by atoms with van der Waals surface area (Å²) >= 11 is 6.12. The number of fused-ring (bicyclic) bond motifs is 1. The molecule has 0 aliphatic carbocycles. The van der Waals surface area contributed by atoms with E-state index in [0.717, 1.165) is 68.3 Å². The molecule has 24 heavy (non-hydrogen) atoms. The zero-order valence-electron chi connectivity index (χ0n) is 13.7. The Morgan fingerprint density at radius 3 is 3.00 bits per heavy atom. The predicted molar refractivity (Wildman–Crippen MR) is 91.3 cm³/mol. The van der Waals surface area contributed by atoms with Gasteiger partial charge in [-0.1, -0.05) is 11.6 Å². The summed E-state index contributed by atoms with van der Waals surface area (Å²) in [4.78, 5) is 14.7. The molecule has 0 aromatic heterocycles. The highest BCUT2D eigenvalue weighted by Gasteiger charge is 2.49. The minimum absolute atomic E-state index is 0.00326. The molecule has 0 saturated carbocycles. The van der Waals surface area contributed by atoms with Gasteiger partial charge in [-0.2, -0.15) is 0 Å². The second-order valence-electron chi connectivity index (χ2n) is 7.10. The zero-order chi connectivity index (χ0) is 16.6. The highest BCUT2D eigenvalue weighted by molar-refractivity contribution is 6.30. The fourth-order valence-corrected chi connectivity index (χ4v) is 4.31. The van der Waals surface area contributed by atoms with E-state index in [4.69, 9.17) is 21.1 Å². The average Bonchev–Trinajstić information content (AvgIpc) is 2.73. The largest absolute Gasteiger partial charge is 0.492 e. The molecule has 0 amide bonds. The normalized spacial score (nSPS) is 26.5. The number of ether oxygens (including phenoxy) is 2. The van der Waals surface area contributed by atoms with Gasteiger partial charge in [0.05, 0.1) is 5.41 Å². The molecule has 1 aromatic carbocycles. The second-order valence-corrected chi connectivity index (χ2v) is 7.53. The number of nitrogens with zero attached hydrogens (tertiary/aromatic N) is 1. The van der Waals surface area contributed by atoms with Gasteiger partial charge in [0.2, 0.25) is 0 Å². The predicted octanol–water partition coefficient (Wildman–Crippen LogP) is 2.22. The van der Waals surface area contributed by atoms with Crippen LogP contribution in [0.1, 0.15) is 24.8 Å². The van der Waals surface area contributed by atoms with Crippen LogP contribution >= 0.6 is 11.6 Å². The van der Waals surface area contributed by atoms with E-state index in [0.29, 0.717) is 6.61 Å². The molecular weight excluding hydrogens is 328 g/mol. The summed E-state index contributed by atoms with van der Waals surface area (Å²) in [6.45, 7) is 4.82. The fraction of sp³-hybridized carbons (Fsp3) is 0.611. The highest BCUT2D eigenvalue weighted by atomic mass is 35.5. The first-order valence-corrected chi connectivity index (χ1v) is 9.08. The van der Waals surface area contributed by atoms with E-state index in [2.05, 4.69) is 10.2 Å². The van der Waals surface area contributed by atoms with Gasteiger partial charge in [-0.25, -0.2) is 0 Å².